The molecule has 0 aliphatic carbocycles. The Kier molecular flexibility index (Phi) is 14.3. The third-order valence-electron chi connectivity index (χ3n) is 6.00. The molecule has 0 fully saturated rings. The number of rotatable bonds is 8. The molecule has 4 nitrogen and oxygen atoms in total. The van der Waals surface area contributed by atoms with Crippen molar-refractivity contribution in [2.75, 3.05) is 0 Å². The molecule has 40 heavy (non-hydrogen) atoms. The maximum absolute atomic E-state index is 14.2. The fourth-order valence-corrected chi connectivity index (χ4v) is 4.01. The summed E-state index contributed by atoms with van der Waals surface area (Å²) < 4.78 is 85.1. The van der Waals surface area contributed by atoms with Crippen LogP contribution in [-0.2, 0) is 16.5 Å². The minimum Gasteiger partial charge on any atom is -0.654 e. The number of halogens is 6. The zero-order chi connectivity index (χ0) is 30.3. The van der Waals surface area contributed by atoms with Crippen LogP contribution in [0.25, 0.3) is 5.32 Å². The van der Waals surface area contributed by atoms with Crippen LogP contribution in [0.1, 0.15) is 101 Å². The predicted molar refractivity (Wildman–Crippen MR) is 145 cm³/mol. The Bertz CT molecular complexity index is 1120. The van der Waals surface area contributed by atoms with Crippen LogP contribution in [0.15, 0.2) is 53.2 Å². The van der Waals surface area contributed by atoms with Crippen LogP contribution in [0.4, 0.5) is 37.7 Å². The average molecular weight is 614 g/mol. The maximum atomic E-state index is 14.2. The molecule has 1 radical (unpaired) electrons. The molecule has 2 rings (SSSR count). The fraction of sp³-hybridized carbons (Fsp3) is 0.483. The summed E-state index contributed by atoms with van der Waals surface area (Å²) >= 11 is 0. The summed E-state index contributed by atoms with van der Waals surface area (Å²) in [6.45, 7) is 14.4. The second kappa shape index (κ2) is 15.4. The molecule has 11 heteroatoms. The van der Waals surface area contributed by atoms with Crippen molar-refractivity contribution in [1.82, 2.24) is 5.59 Å². The first-order chi connectivity index (χ1) is 17.9. The summed E-state index contributed by atoms with van der Waals surface area (Å²) in [7, 11) is 0. The van der Waals surface area contributed by atoms with Gasteiger partial charge >= 0.3 is 12.4 Å². The molecule has 0 heterocycles. The molecule has 225 valence electrons. The first kappa shape index (κ1) is 37.3. The number of benzene rings is 2. The minimum atomic E-state index is -5.14. The number of hydrogen-bond acceptors (Lipinski definition) is 2. The van der Waals surface area contributed by atoms with Gasteiger partial charge in [0.15, 0.2) is 0 Å². The van der Waals surface area contributed by atoms with Crippen molar-refractivity contribution < 1.29 is 42.8 Å². The molecule has 0 aromatic heterocycles. The molecule has 0 atom stereocenters. The molecule has 0 aliphatic heterocycles. The van der Waals surface area contributed by atoms with Gasteiger partial charge in [0.25, 0.3) is 0 Å². The summed E-state index contributed by atoms with van der Waals surface area (Å²) in [5, 5.41) is 3.84. The maximum Gasteiger partial charge on any atom is 0.433 e. The number of nitrogens with zero attached hydrogens (tertiary/aromatic N) is 3. The summed E-state index contributed by atoms with van der Waals surface area (Å²) in [4.78, 5) is 11.1. The van der Waals surface area contributed by atoms with Crippen molar-refractivity contribution >= 4 is 17.1 Å². The topological polar surface area (TPSA) is 65.8 Å². The van der Waals surface area contributed by atoms with E-state index in [1.807, 2.05) is 0 Å². The van der Waals surface area contributed by atoms with Crippen molar-refractivity contribution in [3.8, 4) is 0 Å². The van der Waals surface area contributed by atoms with E-state index in [1.54, 1.807) is 91.8 Å². The molecule has 0 aliphatic rings. The zero-order valence-electron chi connectivity index (χ0n) is 23.7. The molecule has 0 spiro atoms. The van der Waals surface area contributed by atoms with Crippen LogP contribution >= 0.6 is 0 Å². The SMILES string of the molecule is CC(C)c1cccc(C(C)C)c1N=C(/C=C(\[N-]c1c(C(C)C)cccc1C(C)C)C(F)(F)F)C(F)(F)F.[N]=O.[Ni]. The number of aliphatic imine (C=N–C) groups is 1. The van der Waals surface area contributed by atoms with E-state index in [1.165, 1.54) is 0 Å². The van der Waals surface area contributed by atoms with E-state index < -0.39 is 23.8 Å². The van der Waals surface area contributed by atoms with E-state index in [2.05, 4.69) is 10.3 Å². The van der Waals surface area contributed by atoms with E-state index >= 15 is 0 Å². The molecule has 0 bridgehead atoms. The van der Waals surface area contributed by atoms with Crippen molar-refractivity contribution in [2.45, 2.75) is 91.4 Å². The zero-order valence-corrected chi connectivity index (χ0v) is 24.7. The standard InChI is InChI=1S/C29H35F6N2.NO.Ni/c1-16(2)20-11-9-12-21(17(3)4)26(20)36-24(28(30,31)32)15-25(29(33,34)35)37-27-22(18(5)6)13-10-14-23(27)19(7)8;1-2;/h9-19H,1-8H3;;/q-1;;/b24-15-,37-25?;;. The summed E-state index contributed by atoms with van der Waals surface area (Å²) in [5.74, 6) is -0.744. The smallest absolute Gasteiger partial charge is 0.433 e. The quantitative estimate of drug-likeness (QED) is 0.166. The van der Waals surface area contributed by atoms with Gasteiger partial charge in [-0.2, -0.15) is 26.3 Å². The largest absolute Gasteiger partial charge is 0.654 e. The Hall–Kier alpha value is -2.68. The number of alkyl halides is 6. The Morgan fingerprint density at radius 3 is 1.35 bits per heavy atom. The molecule has 0 saturated heterocycles. The Morgan fingerprint density at radius 2 is 1.05 bits per heavy atom. The van der Waals surface area contributed by atoms with Crippen LogP contribution in [-0.4, -0.2) is 18.1 Å². The first-order valence-electron chi connectivity index (χ1n) is 12.5. The van der Waals surface area contributed by atoms with Crippen molar-refractivity contribution in [3.05, 3.63) is 80.6 Å². The van der Waals surface area contributed by atoms with Crippen LogP contribution in [0.5, 0.6) is 0 Å². The van der Waals surface area contributed by atoms with E-state index in [0.717, 1.165) is 0 Å². The van der Waals surface area contributed by atoms with Crippen LogP contribution < -0.4 is 5.59 Å². The van der Waals surface area contributed by atoms with Gasteiger partial charge in [-0.15, -0.1) is 10.6 Å². The van der Waals surface area contributed by atoms with Crippen molar-refractivity contribution in [3.63, 3.8) is 0 Å². The summed E-state index contributed by atoms with van der Waals surface area (Å²) in [5.41, 5.74) is 4.65. The Morgan fingerprint density at radius 1 is 0.700 bits per heavy atom. The van der Waals surface area contributed by atoms with Crippen molar-refractivity contribution in [2.24, 2.45) is 4.99 Å². The van der Waals surface area contributed by atoms with E-state index in [-0.39, 0.29) is 57.6 Å². The van der Waals surface area contributed by atoms with Gasteiger partial charge in [0.1, 0.15) is 11.3 Å². The molecular weight excluding hydrogens is 579 g/mol. The van der Waals surface area contributed by atoms with E-state index in [4.69, 9.17) is 10.5 Å². The van der Waals surface area contributed by atoms with E-state index in [0.29, 0.717) is 22.3 Å². The normalized spacial score (nSPS) is 12.9. The van der Waals surface area contributed by atoms with Gasteiger partial charge in [-0.3, -0.25) is 0 Å². The summed E-state index contributed by atoms with van der Waals surface area (Å²) in [6.07, 6.45) is -10.2. The number of hydrogen-bond donors (Lipinski definition) is 0. The Balaban J connectivity index is 0.00000495. The van der Waals surface area contributed by atoms with Gasteiger partial charge in [0, 0.05) is 16.5 Å². The number of nitroso groups, excluding NO2 is 1. The van der Waals surface area contributed by atoms with Gasteiger partial charge in [-0.05, 0) is 40.9 Å². The third kappa shape index (κ3) is 9.75. The van der Waals surface area contributed by atoms with Crippen molar-refractivity contribution in [1.29, 1.82) is 0 Å². The van der Waals surface area contributed by atoms with Gasteiger partial charge in [-0.25, -0.2) is 4.99 Å². The van der Waals surface area contributed by atoms with Gasteiger partial charge < -0.3 is 5.32 Å². The Labute approximate surface area is 242 Å². The fourth-order valence-electron chi connectivity index (χ4n) is 4.01. The van der Waals surface area contributed by atoms with E-state index in [9.17, 15) is 26.3 Å². The molecule has 0 unspecified atom stereocenters. The van der Waals surface area contributed by atoms with Crippen LogP contribution in [0.2, 0.25) is 0 Å². The molecule has 0 saturated carbocycles. The molecule has 0 amide bonds. The second-order valence-electron chi connectivity index (χ2n) is 10.3. The average Bonchev–Trinajstić information content (AvgIpc) is 2.82. The molecular formula is C29H35F6N3NiO-. The monoisotopic (exact) mass is 613 g/mol. The molecule has 2 aromatic carbocycles. The number of allylic oxidation sites excluding steroid dienone is 2. The van der Waals surface area contributed by atoms with Crippen LogP contribution in [0.3, 0.4) is 0 Å². The van der Waals surface area contributed by atoms with Gasteiger partial charge in [0.05, 0.1) is 5.69 Å². The number of para-hydroxylation sites is 2. The predicted octanol–water partition coefficient (Wildman–Crippen LogP) is 10.5. The molecule has 2 aromatic rings. The first-order valence-corrected chi connectivity index (χ1v) is 12.5. The minimum absolute atomic E-state index is 0. The molecule has 0 N–H and O–H groups in total. The summed E-state index contributed by atoms with van der Waals surface area (Å²) in [6, 6.07) is 10.0. The van der Waals surface area contributed by atoms with Crippen LogP contribution in [0, 0.1) is 4.91 Å². The third-order valence-corrected chi connectivity index (χ3v) is 6.00. The second-order valence-corrected chi connectivity index (χ2v) is 10.3. The van der Waals surface area contributed by atoms with Gasteiger partial charge in [0.2, 0.25) is 0 Å². The van der Waals surface area contributed by atoms with Gasteiger partial charge in [-0.1, -0.05) is 109 Å².